The minimum absolute atomic E-state index is 0.0599. The summed E-state index contributed by atoms with van der Waals surface area (Å²) in [4.78, 5) is 12.2. The van der Waals surface area contributed by atoms with Gasteiger partial charge in [-0.1, -0.05) is 26.8 Å². The highest BCUT2D eigenvalue weighted by atomic mass is 32.2. The second-order valence-corrected chi connectivity index (χ2v) is 11.8. The zero-order valence-corrected chi connectivity index (χ0v) is 18.8. The lowest BCUT2D eigenvalue weighted by Crippen LogP contribution is -2.48. The van der Waals surface area contributed by atoms with Crippen molar-refractivity contribution in [3.05, 3.63) is 29.8 Å². The molecule has 1 aliphatic heterocycles. The van der Waals surface area contributed by atoms with Crippen molar-refractivity contribution in [2.24, 2.45) is 23.0 Å². The Morgan fingerprint density at radius 1 is 1.23 bits per heavy atom. The van der Waals surface area contributed by atoms with Gasteiger partial charge in [-0.05, 0) is 54.7 Å². The van der Waals surface area contributed by atoms with E-state index in [2.05, 4.69) is 5.32 Å². The highest BCUT2D eigenvalue weighted by Crippen LogP contribution is 2.41. The van der Waals surface area contributed by atoms with Gasteiger partial charge in [-0.15, -0.1) is 0 Å². The maximum atomic E-state index is 13.0. The number of amides is 1. The first kappa shape index (κ1) is 24.0. The second kappa shape index (κ2) is 8.37. The fourth-order valence-corrected chi connectivity index (χ4v) is 6.20. The molecule has 6 nitrogen and oxygen atoms in total. The van der Waals surface area contributed by atoms with E-state index in [1.54, 1.807) is 0 Å². The summed E-state index contributed by atoms with van der Waals surface area (Å²) in [6.45, 7) is 6.41. The molecule has 31 heavy (non-hydrogen) atoms. The van der Waals surface area contributed by atoms with Crippen molar-refractivity contribution >= 4 is 15.9 Å². The van der Waals surface area contributed by atoms with Crippen molar-refractivity contribution in [2.75, 3.05) is 13.1 Å². The van der Waals surface area contributed by atoms with Gasteiger partial charge < -0.3 is 11.1 Å². The van der Waals surface area contributed by atoms with Gasteiger partial charge in [0, 0.05) is 19.1 Å². The Kier molecular flexibility index (Phi) is 6.48. The molecular formula is C21H30F3N3O3S. The highest BCUT2D eigenvalue weighted by molar-refractivity contribution is 7.89. The van der Waals surface area contributed by atoms with E-state index < -0.39 is 27.8 Å². The molecule has 3 rings (SSSR count). The number of nitrogens with two attached hydrogens (primary N) is 1. The Balaban J connectivity index is 1.70. The number of carbonyl (C=O) groups excluding carboxylic acids is 1. The van der Waals surface area contributed by atoms with Crippen LogP contribution in [0.4, 0.5) is 13.2 Å². The van der Waals surface area contributed by atoms with Gasteiger partial charge in [0.05, 0.1) is 16.5 Å². The average molecular weight is 462 g/mol. The minimum atomic E-state index is -4.62. The second-order valence-electron chi connectivity index (χ2n) is 9.84. The molecule has 10 heteroatoms. The third-order valence-corrected chi connectivity index (χ3v) is 7.95. The summed E-state index contributed by atoms with van der Waals surface area (Å²) in [6, 6.07) is 2.98. The molecule has 1 heterocycles. The number of halogens is 3. The van der Waals surface area contributed by atoms with Crippen molar-refractivity contribution in [3.63, 3.8) is 0 Å². The molecule has 1 aliphatic carbocycles. The van der Waals surface area contributed by atoms with Gasteiger partial charge in [-0.2, -0.15) is 17.5 Å². The maximum absolute atomic E-state index is 13.0. The third-order valence-electron chi connectivity index (χ3n) is 6.12. The quantitative estimate of drug-likeness (QED) is 0.705. The van der Waals surface area contributed by atoms with Crippen LogP contribution in [0, 0.1) is 17.3 Å². The van der Waals surface area contributed by atoms with E-state index in [1.165, 1.54) is 10.4 Å². The number of sulfonamides is 1. The predicted molar refractivity (Wildman–Crippen MR) is 110 cm³/mol. The Bertz CT molecular complexity index is 928. The van der Waals surface area contributed by atoms with Crippen LogP contribution < -0.4 is 11.1 Å². The molecule has 0 spiro atoms. The van der Waals surface area contributed by atoms with Crippen molar-refractivity contribution < 1.29 is 26.4 Å². The fraction of sp³-hybridized carbons (Fsp3) is 0.667. The number of nitrogens with zero attached hydrogens (tertiary/aromatic N) is 1. The molecule has 1 amide bonds. The summed E-state index contributed by atoms with van der Waals surface area (Å²) in [5.74, 6) is -0.268. The molecule has 0 radical (unpaired) electrons. The SMILES string of the molecule is CC(C)(C)C[C@H](N)C(=O)NC1CC[C@@H]2CN(S(=O)(=O)c3cccc(C(F)(F)F)c3)CC12. The van der Waals surface area contributed by atoms with Crippen molar-refractivity contribution in [3.8, 4) is 0 Å². The van der Waals surface area contributed by atoms with Crippen LogP contribution in [0.25, 0.3) is 0 Å². The first-order chi connectivity index (χ1) is 14.2. The van der Waals surface area contributed by atoms with Crippen LogP contribution in [0.15, 0.2) is 29.2 Å². The van der Waals surface area contributed by atoms with Crippen LogP contribution in [0.1, 0.15) is 45.6 Å². The van der Waals surface area contributed by atoms with E-state index in [0.717, 1.165) is 25.0 Å². The van der Waals surface area contributed by atoms with Crippen LogP contribution >= 0.6 is 0 Å². The molecule has 1 aromatic carbocycles. The third kappa shape index (κ3) is 5.40. The van der Waals surface area contributed by atoms with Crippen LogP contribution in [-0.2, 0) is 21.0 Å². The van der Waals surface area contributed by atoms with Gasteiger partial charge >= 0.3 is 6.18 Å². The molecule has 0 bridgehead atoms. The normalized spacial score (nSPS) is 26.0. The Hall–Kier alpha value is -1.65. The first-order valence-electron chi connectivity index (χ1n) is 10.4. The molecule has 2 unspecified atom stereocenters. The molecule has 2 aliphatic rings. The number of hydrogen-bond acceptors (Lipinski definition) is 4. The van der Waals surface area contributed by atoms with Gasteiger partial charge in [0.1, 0.15) is 0 Å². The standard InChI is InChI=1S/C21H30F3N3O3S/c1-20(2,3)10-17(25)19(28)26-18-8-7-13-11-27(12-16(13)18)31(29,30)15-6-4-5-14(9-15)21(22,23)24/h4-6,9,13,16-18H,7-8,10-12,25H2,1-3H3,(H,26,28)/t13-,16?,17+,18?/m1/s1. The van der Waals surface area contributed by atoms with Crippen LogP contribution in [0.2, 0.25) is 0 Å². The molecule has 2 fully saturated rings. The predicted octanol–water partition coefficient (Wildman–Crippen LogP) is 2.98. The summed E-state index contributed by atoms with van der Waals surface area (Å²) >= 11 is 0. The number of carbonyl (C=O) groups is 1. The summed E-state index contributed by atoms with van der Waals surface area (Å²) in [7, 11) is -4.06. The molecule has 4 atom stereocenters. The summed E-state index contributed by atoms with van der Waals surface area (Å²) in [5.41, 5.74) is 4.94. The topological polar surface area (TPSA) is 92.5 Å². The number of hydrogen-bond donors (Lipinski definition) is 2. The van der Waals surface area contributed by atoms with E-state index in [0.29, 0.717) is 12.5 Å². The Labute approximate surface area is 181 Å². The number of alkyl halides is 3. The number of fused-ring (bicyclic) bond motifs is 1. The molecule has 1 saturated heterocycles. The molecule has 1 aromatic rings. The zero-order valence-electron chi connectivity index (χ0n) is 17.9. The number of rotatable bonds is 5. The van der Waals surface area contributed by atoms with E-state index in [9.17, 15) is 26.4 Å². The van der Waals surface area contributed by atoms with Crippen LogP contribution in [0.5, 0.6) is 0 Å². The summed E-state index contributed by atoms with van der Waals surface area (Å²) in [5, 5.41) is 2.98. The monoisotopic (exact) mass is 461 g/mol. The fourth-order valence-electron chi connectivity index (χ4n) is 4.62. The molecular weight excluding hydrogens is 431 g/mol. The first-order valence-corrected chi connectivity index (χ1v) is 11.9. The van der Waals surface area contributed by atoms with E-state index in [4.69, 9.17) is 5.73 Å². The maximum Gasteiger partial charge on any atom is 0.416 e. The van der Waals surface area contributed by atoms with Gasteiger partial charge in [0.15, 0.2) is 0 Å². The molecule has 174 valence electrons. The summed E-state index contributed by atoms with van der Waals surface area (Å²) in [6.07, 6.45) is -2.61. The lowest BCUT2D eigenvalue weighted by Gasteiger charge is -2.26. The number of nitrogens with one attached hydrogen (secondary N) is 1. The van der Waals surface area contributed by atoms with E-state index in [-0.39, 0.29) is 47.2 Å². The molecule has 3 N–H and O–H groups in total. The average Bonchev–Trinajstić information content (AvgIpc) is 3.22. The van der Waals surface area contributed by atoms with Crippen LogP contribution in [-0.4, -0.2) is 43.8 Å². The van der Waals surface area contributed by atoms with Gasteiger partial charge in [0.25, 0.3) is 0 Å². The van der Waals surface area contributed by atoms with Crippen molar-refractivity contribution in [2.45, 2.75) is 63.2 Å². The van der Waals surface area contributed by atoms with Crippen molar-refractivity contribution in [1.29, 1.82) is 0 Å². The molecule has 0 aromatic heterocycles. The Morgan fingerprint density at radius 2 is 1.90 bits per heavy atom. The van der Waals surface area contributed by atoms with Crippen LogP contribution in [0.3, 0.4) is 0 Å². The van der Waals surface area contributed by atoms with Gasteiger partial charge in [-0.3, -0.25) is 4.79 Å². The van der Waals surface area contributed by atoms with E-state index >= 15 is 0 Å². The number of benzene rings is 1. The minimum Gasteiger partial charge on any atom is -0.352 e. The van der Waals surface area contributed by atoms with Gasteiger partial charge in [-0.25, -0.2) is 8.42 Å². The summed E-state index contributed by atoms with van der Waals surface area (Å²) < 4.78 is 66.2. The zero-order chi connectivity index (χ0) is 23.2. The highest BCUT2D eigenvalue weighted by Gasteiger charge is 2.47. The lowest BCUT2D eigenvalue weighted by atomic mass is 9.88. The van der Waals surface area contributed by atoms with Crippen molar-refractivity contribution in [1.82, 2.24) is 9.62 Å². The van der Waals surface area contributed by atoms with Gasteiger partial charge in [0.2, 0.25) is 15.9 Å². The Morgan fingerprint density at radius 3 is 2.52 bits per heavy atom. The molecule has 1 saturated carbocycles. The lowest BCUT2D eigenvalue weighted by molar-refractivity contribution is -0.137. The largest absolute Gasteiger partial charge is 0.416 e. The smallest absolute Gasteiger partial charge is 0.352 e. The van der Waals surface area contributed by atoms with E-state index in [1.807, 2.05) is 20.8 Å².